The van der Waals surface area contributed by atoms with Crippen molar-refractivity contribution in [2.45, 2.75) is 37.0 Å². The molecular weight excluding hydrogens is 510 g/mol. The third-order valence-corrected chi connectivity index (χ3v) is 5.66. The van der Waals surface area contributed by atoms with E-state index in [9.17, 15) is 34.2 Å². The van der Waals surface area contributed by atoms with Crippen LogP contribution < -0.4 is 27.0 Å². The number of hydrogen-bond donors (Lipinski definition) is 8. The molecule has 13 nitrogen and oxygen atoms in total. The molecule has 0 aliphatic heterocycles. The van der Waals surface area contributed by atoms with Crippen LogP contribution in [0.15, 0.2) is 60.7 Å². The lowest BCUT2D eigenvalue weighted by atomic mass is 10.0. The van der Waals surface area contributed by atoms with Gasteiger partial charge in [-0.15, -0.1) is 0 Å². The maximum Gasteiger partial charge on any atom is 0.326 e. The highest BCUT2D eigenvalue weighted by molar-refractivity contribution is 5.94. The van der Waals surface area contributed by atoms with E-state index in [2.05, 4.69) is 27.0 Å². The first-order valence-electron chi connectivity index (χ1n) is 12.2. The Hall–Kier alpha value is -4.33. The standard InChI is InChI=1S/C26H33N5O8/c27-18(14-32)23(35)28-13-22(34)29-19(11-16-7-3-1-4-8-16)24(36)31-21(15-33)25(37)30-20(26(38)39)12-17-9-5-2-6-10-17/h1-10,18-21,32-33H,11-15,27H2,(H,28,35)(H,29,34)(H,30,37)(H,31,36)(H,38,39)/p+1/t18-,19-,20-,21-/m0/s1. The normalized spacial score (nSPS) is 13.7. The Bertz CT molecular complexity index is 1120. The van der Waals surface area contributed by atoms with Crippen LogP contribution in [0.2, 0.25) is 0 Å². The van der Waals surface area contributed by atoms with Gasteiger partial charge in [0.05, 0.1) is 13.2 Å². The Morgan fingerprint density at radius 3 is 1.64 bits per heavy atom. The van der Waals surface area contributed by atoms with Gasteiger partial charge >= 0.3 is 5.97 Å². The number of carbonyl (C=O) groups excluding carboxylic acids is 4. The maximum atomic E-state index is 13.1. The van der Waals surface area contributed by atoms with Gasteiger partial charge in [-0.05, 0) is 11.1 Å². The highest BCUT2D eigenvalue weighted by Crippen LogP contribution is 2.06. The zero-order valence-electron chi connectivity index (χ0n) is 21.2. The van der Waals surface area contributed by atoms with Crippen molar-refractivity contribution in [1.29, 1.82) is 0 Å². The van der Waals surface area contributed by atoms with Crippen LogP contribution in [0, 0.1) is 0 Å². The quantitative estimate of drug-likeness (QED) is 0.113. The zero-order valence-corrected chi connectivity index (χ0v) is 21.2. The van der Waals surface area contributed by atoms with Crippen LogP contribution >= 0.6 is 0 Å². The number of quaternary nitrogens is 1. The van der Waals surface area contributed by atoms with Crippen LogP contribution in [-0.2, 0) is 36.8 Å². The number of carboxylic acid groups (broad SMARTS) is 1. The van der Waals surface area contributed by atoms with E-state index >= 15 is 0 Å². The van der Waals surface area contributed by atoms with E-state index in [4.69, 9.17) is 5.11 Å². The summed E-state index contributed by atoms with van der Waals surface area (Å²) in [5.41, 5.74) is 4.78. The fraction of sp³-hybridized carbons (Fsp3) is 0.346. The number of nitrogens with one attached hydrogen (secondary N) is 4. The van der Waals surface area contributed by atoms with Crippen molar-refractivity contribution < 1.29 is 45.0 Å². The monoisotopic (exact) mass is 544 g/mol. The Balaban J connectivity index is 2.09. The van der Waals surface area contributed by atoms with Gasteiger partial charge in [-0.2, -0.15) is 0 Å². The fourth-order valence-electron chi connectivity index (χ4n) is 3.49. The van der Waals surface area contributed by atoms with Crippen LogP contribution in [-0.4, -0.2) is 88.8 Å². The van der Waals surface area contributed by atoms with Crippen molar-refractivity contribution in [3.8, 4) is 0 Å². The van der Waals surface area contributed by atoms with Gasteiger partial charge in [-0.25, -0.2) is 4.79 Å². The summed E-state index contributed by atoms with van der Waals surface area (Å²) in [4.78, 5) is 61.8. The second-order valence-electron chi connectivity index (χ2n) is 8.74. The highest BCUT2D eigenvalue weighted by Gasteiger charge is 2.29. The minimum absolute atomic E-state index is 0.0170. The van der Waals surface area contributed by atoms with E-state index in [1.807, 2.05) is 0 Å². The Morgan fingerprint density at radius 1 is 0.667 bits per heavy atom. The molecule has 0 fully saturated rings. The number of benzene rings is 2. The molecule has 210 valence electrons. The lowest BCUT2D eigenvalue weighted by Gasteiger charge is -2.24. The SMILES string of the molecule is [NH3+][C@@H](CO)C(=O)NCC(=O)N[C@@H](Cc1ccccc1)C(=O)N[C@@H](CO)C(=O)N[C@@H](Cc1ccccc1)C(=O)O. The van der Waals surface area contributed by atoms with Crippen LogP contribution in [0.5, 0.6) is 0 Å². The summed E-state index contributed by atoms with van der Waals surface area (Å²) in [6.07, 6.45) is 0.00329. The summed E-state index contributed by atoms with van der Waals surface area (Å²) in [5, 5.41) is 37.8. The first-order chi connectivity index (χ1) is 18.6. The van der Waals surface area contributed by atoms with Crippen LogP contribution in [0.3, 0.4) is 0 Å². The first kappa shape index (κ1) is 30.9. The smallest absolute Gasteiger partial charge is 0.326 e. The van der Waals surface area contributed by atoms with E-state index in [0.717, 1.165) is 0 Å². The molecule has 0 spiro atoms. The van der Waals surface area contributed by atoms with Crippen molar-refractivity contribution in [3.05, 3.63) is 71.8 Å². The average molecular weight is 545 g/mol. The van der Waals surface area contributed by atoms with Gasteiger partial charge in [0.15, 0.2) is 6.04 Å². The topological polar surface area (TPSA) is 222 Å². The molecule has 4 amide bonds. The molecule has 0 aliphatic carbocycles. The van der Waals surface area contributed by atoms with Gasteiger partial charge in [-0.1, -0.05) is 60.7 Å². The molecule has 13 heteroatoms. The molecule has 0 heterocycles. The molecule has 0 radical (unpaired) electrons. The second-order valence-corrected chi connectivity index (χ2v) is 8.74. The van der Waals surface area contributed by atoms with Crippen molar-refractivity contribution >= 4 is 29.6 Å². The number of amides is 4. The van der Waals surface area contributed by atoms with Crippen molar-refractivity contribution in [1.82, 2.24) is 21.3 Å². The minimum atomic E-state index is -1.50. The number of hydrogen-bond acceptors (Lipinski definition) is 7. The highest BCUT2D eigenvalue weighted by atomic mass is 16.4. The molecular formula is C26H34N5O8+. The minimum Gasteiger partial charge on any atom is -0.480 e. The summed E-state index contributed by atoms with van der Waals surface area (Å²) in [5.74, 6) is -4.40. The van der Waals surface area contributed by atoms with E-state index in [-0.39, 0.29) is 12.8 Å². The van der Waals surface area contributed by atoms with E-state index in [1.165, 1.54) is 0 Å². The van der Waals surface area contributed by atoms with Crippen molar-refractivity contribution in [3.63, 3.8) is 0 Å². The number of aliphatic carboxylic acids is 1. The zero-order chi connectivity index (χ0) is 28.8. The number of carboxylic acids is 1. The third-order valence-electron chi connectivity index (χ3n) is 5.66. The van der Waals surface area contributed by atoms with Crippen LogP contribution in [0.25, 0.3) is 0 Å². The third kappa shape index (κ3) is 10.5. The molecule has 0 aliphatic rings. The number of aliphatic hydroxyl groups excluding tert-OH is 2. The molecule has 0 saturated heterocycles. The summed E-state index contributed by atoms with van der Waals surface area (Å²) in [6.45, 7) is -1.83. The molecule has 39 heavy (non-hydrogen) atoms. The van der Waals surface area contributed by atoms with Gasteiger partial charge in [-0.3, -0.25) is 19.2 Å². The van der Waals surface area contributed by atoms with E-state index < -0.39 is 73.5 Å². The molecule has 10 N–H and O–H groups in total. The fourth-order valence-corrected chi connectivity index (χ4v) is 3.49. The number of rotatable bonds is 15. The van der Waals surface area contributed by atoms with Gasteiger partial charge in [0, 0.05) is 12.8 Å². The molecule has 0 bridgehead atoms. The maximum absolute atomic E-state index is 13.1. The molecule has 2 aromatic rings. The molecule has 0 aromatic heterocycles. The molecule has 4 atom stereocenters. The second kappa shape index (κ2) is 15.8. The number of carbonyl (C=O) groups is 5. The van der Waals surface area contributed by atoms with E-state index in [0.29, 0.717) is 11.1 Å². The summed E-state index contributed by atoms with van der Waals surface area (Å²) >= 11 is 0. The van der Waals surface area contributed by atoms with Gasteiger partial charge in [0.25, 0.3) is 5.91 Å². The van der Waals surface area contributed by atoms with Gasteiger partial charge in [0.1, 0.15) is 24.7 Å². The molecule has 0 unspecified atom stereocenters. The molecule has 0 saturated carbocycles. The summed E-state index contributed by atoms with van der Waals surface area (Å²) < 4.78 is 0. The van der Waals surface area contributed by atoms with Gasteiger partial charge < -0.3 is 42.3 Å². The largest absolute Gasteiger partial charge is 0.480 e. The predicted octanol–water partition coefficient (Wildman–Crippen LogP) is -3.28. The van der Waals surface area contributed by atoms with Gasteiger partial charge in [0.2, 0.25) is 17.7 Å². The van der Waals surface area contributed by atoms with E-state index in [1.54, 1.807) is 60.7 Å². The van der Waals surface area contributed by atoms with Crippen LogP contribution in [0.4, 0.5) is 0 Å². The average Bonchev–Trinajstić information content (AvgIpc) is 2.94. The first-order valence-corrected chi connectivity index (χ1v) is 12.2. The summed E-state index contributed by atoms with van der Waals surface area (Å²) in [7, 11) is 0. The molecule has 2 rings (SSSR count). The summed E-state index contributed by atoms with van der Waals surface area (Å²) in [6, 6.07) is 12.3. The predicted molar refractivity (Wildman–Crippen MR) is 138 cm³/mol. The Labute approximate surface area is 224 Å². The molecule has 2 aromatic carbocycles. The Morgan fingerprint density at radius 2 is 1.15 bits per heavy atom. The Kier molecular flexibility index (Phi) is 12.5. The van der Waals surface area contributed by atoms with Crippen molar-refractivity contribution in [2.75, 3.05) is 19.8 Å². The van der Waals surface area contributed by atoms with Crippen molar-refractivity contribution in [2.24, 2.45) is 0 Å². The van der Waals surface area contributed by atoms with Crippen LogP contribution in [0.1, 0.15) is 11.1 Å². The lowest BCUT2D eigenvalue weighted by Crippen LogP contribution is -2.69. The lowest BCUT2D eigenvalue weighted by molar-refractivity contribution is -0.409. The number of aliphatic hydroxyl groups is 2.